The lowest BCUT2D eigenvalue weighted by molar-refractivity contribution is 0.469. The zero-order valence-corrected chi connectivity index (χ0v) is 11.8. The van der Waals surface area contributed by atoms with Crippen molar-refractivity contribution in [1.29, 1.82) is 0 Å². The molecule has 0 unspecified atom stereocenters. The second-order valence-electron chi connectivity index (χ2n) is 5.69. The molecule has 3 aromatic rings. The highest BCUT2D eigenvalue weighted by Crippen LogP contribution is 2.30. The first-order chi connectivity index (χ1) is 9.67. The predicted molar refractivity (Wildman–Crippen MR) is 79.5 cm³/mol. The molecule has 0 amide bonds. The second-order valence-corrected chi connectivity index (χ2v) is 5.69. The van der Waals surface area contributed by atoms with E-state index in [2.05, 4.69) is 58.0 Å². The van der Waals surface area contributed by atoms with Crippen LogP contribution in [0.5, 0.6) is 0 Å². The number of benzene rings is 1. The molecule has 0 aliphatic heterocycles. The van der Waals surface area contributed by atoms with Crippen LogP contribution in [0.15, 0.2) is 43.0 Å². The summed E-state index contributed by atoms with van der Waals surface area (Å²) in [7, 11) is 0. The third-order valence-corrected chi connectivity index (χ3v) is 3.75. The van der Waals surface area contributed by atoms with Crippen molar-refractivity contribution in [3.05, 3.63) is 54.2 Å². The van der Waals surface area contributed by atoms with E-state index in [1.54, 1.807) is 12.7 Å². The van der Waals surface area contributed by atoms with E-state index in [4.69, 9.17) is 0 Å². The molecule has 0 aliphatic carbocycles. The largest absolute Gasteiger partial charge is 0.342 e. The molecule has 0 bridgehead atoms. The second kappa shape index (κ2) is 5.04. The number of hydrogen-bond acceptors (Lipinski definition) is 3. The van der Waals surface area contributed by atoms with Crippen LogP contribution in [0.2, 0.25) is 0 Å². The Bertz CT molecular complexity index is 701. The summed E-state index contributed by atoms with van der Waals surface area (Å²) in [5.41, 5.74) is 4.06. The van der Waals surface area contributed by atoms with E-state index in [0.717, 1.165) is 29.7 Å². The molecule has 0 aliphatic rings. The molecule has 0 saturated carbocycles. The molecular formula is C16H18N4. The molecule has 102 valence electrons. The number of nitrogens with one attached hydrogen (secondary N) is 1. The number of hydrogen-bond donors (Lipinski definition) is 1. The van der Waals surface area contributed by atoms with Crippen molar-refractivity contribution in [2.75, 3.05) is 0 Å². The molecule has 3 rings (SSSR count). The Morgan fingerprint density at radius 1 is 1.05 bits per heavy atom. The summed E-state index contributed by atoms with van der Waals surface area (Å²) in [6.45, 7) is 4.44. The number of fused-ring (bicyclic) bond motifs is 1. The fourth-order valence-corrected chi connectivity index (χ4v) is 2.50. The van der Waals surface area contributed by atoms with E-state index in [-0.39, 0.29) is 5.41 Å². The van der Waals surface area contributed by atoms with Crippen LogP contribution >= 0.6 is 0 Å². The van der Waals surface area contributed by atoms with Crippen LogP contribution in [0.25, 0.3) is 11.2 Å². The number of aryl methyl sites for hydroxylation is 1. The quantitative estimate of drug-likeness (QED) is 0.788. The van der Waals surface area contributed by atoms with E-state index in [1.807, 2.05) is 6.07 Å². The molecule has 1 aromatic carbocycles. The van der Waals surface area contributed by atoms with Gasteiger partial charge in [0.25, 0.3) is 0 Å². The van der Waals surface area contributed by atoms with Gasteiger partial charge < -0.3 is 4.98 Å². The Labute approximate surface area is 118 Å². The Morgan fingerprint density at radius 2 is 1.85 bits per heavy atom. The number of H-pyrrole nitrogens is 1. The zero-order chi connectivity index (χ0) is 14.0. The molecule has 20 heavy (non-hydrogen) atoms. The maximum atomic E-state index is 4.48. The van der Waals surface area contributed by atoms with Gasteiger partial charge in [0.2, 0.25) is 0 Å². The highest BCUT2D eigenvalue weighted by atomic mass is 15.0. The highest BCUT2D eigenvalue weighted by molar-refractivity contribution is 5.73. The minimum absolute atomic E-state index is 0.0242. The smallest absolute Gasteiger partial charge is 0.180 e. The van der Waals surface area contributed by atoms with Crippen molar-refractivity contribution < 1.29 is 0 Å². The number of imidazole rings is 1. The minimum Gasteiger partial charge on any atom is -0.342 e. The standard InChI is InChI=1S/C16H18N4/c1-16(2,9-8-12-6-4-3-5-7-12)14-13-15(19-10-17-13)20-11-18-14/h3-7,10-11H,8-9H2,1-2H3,(H,17,18,19,20). The van der Waals surface area contributed by atoms with Gasteiger partial charge in [-0.1, -0.05) is 44.2 Å². The van der Waals surface area contributed by atoms with Crippen molar-refractivity contribution in [3.63, 3.8) is 0 Å². The fourth-order valence-electron chi connectivity index (χ4n) is 2.50. The summed E-state index contributed by atoms with van der Waals surface area (Å²) in [4.78, 5) is 16.0. The van der Waals surface area contributed by atoms with Gasteiger partial charge in [0.15, 0.2) is 5.65 Å². The van der Waals surface area contributed by atoms with Crippen LogP contribution in [0, 0.1) is 0 Å². The van der Waals surface area contributed by atoms with Crippen molar-refractivity contribution in [2.24, 2.45) is 0 Å². The van der Waals surface area contributed by atoms with Gasteiger partial charge in [-0.3, -0.25) is 0 Å². The monoisotopic (exact) mass is 266 g/mol. The minimum atomic E-state index is -0.0242. The molecule has 4 heteroatoms. The Hall–Kier alpha value is -2.23. The van der Waals surface area contributed by atoms with Gasteiger partial charge in [0.05, 0.1) is 12.0 Å². The van der Waals surface area contributed by atoms with E-state index in [9.17, 15) is 0 Å². The lowest BCUT2D eigenvalue weighted by Crippen LogP contribution is -2.20. The van der Waals surface area contributed by atoms with E-state index < -0.39 is 0 Å². The molecule has 1 N–H and O–H groups in total. The first-order valence-electron chi connectivity index (χ1n) is 6.85. The van der Waals surface area contributed by atoms with Crippen LogP contribution in [-0.4, -0.2) is 19.9 Å². The molecule has 0 saturated heterocycles. The maximum absolute atomic E-state index is 4.48. The summed E-state index contributed by atoms with van der Waals surface area (Å²) >= 11 is 0. The molecule has 4 nitrogen and oxygen atoms in total. The zero-order valence-electron chi connectivity index (χ0n) is 11.8. The Balaban J connectivity index is 1.86. The average Bonchev–Trinajstić information content (AvgIpc) is 2.94. The fraction of sp³-hybridized carbons (Fsp3) is 0.312. The van der Waals surface area contributed by atoms with Crippen molar-refractivity contribution in [1.82, 2.24) is 19.9 Å². The first kappa shape index (κ1) is 12.8. The molecule has 0 spiro atoms. The normalized spacial score (nSPS) is 11.9. The van der Waals surface area contributed by atoms with Gasteiger partial charge in [-0.05, 0) is 18.4 Å². The Kier molecular flexibility index (Phi) is 3.22. The average molecular weight is 266 g/mol. The lowest BCUT2D eigenvalue weighted by Gasteiger charge is -2.24. The van der Waals surface area contributed by atoms with Crippen molar-refractivity contribution in [3.8, 4) is 0 Å². The lowest BCUT2D eigenvalue weighted by atomic mass is 9.82. The number of nitrogens with zero attached hydrogens (tertiary/aromatic N) is 3. The molecule has 2 aromatic heterocycles. The van der Waals surface area contributed by atoms with E-state index in [1.165, 1.54) is 5.56 Å². The maximum Gasteiger partial charge on any atom is 0.180 e. The topological polar surface area (TPSA) is 54.5 Å². The highest BCUT2D eigenvalue weighted by Gasteiger charge is 2.25. The van der Waals surface area contributed by atoms with Gasteiger partial charge in [-0.15, -0.1) is 0 Å². The molecule has 0 atom stereocenters. The summed E-state index contributed by atoms with van der Waals surface area (Å²) in [6.07, 6.45) is 5.34. The van der Waals surface area contributed by atoms with Gasteiger partial charge in [0.1, 0.15) is 11.8 Å². The van der Waals surface area contributed by atoms with E-state index >= 15 is 0 Å². The van der Waals surface area contributed by atoms with Gasteiger partial charge >= 0.3 is 0 Å². The number of aromatic amines is 1. The molecular weight excluding hydrogens is 248 g/mol. The van der Waals surface area contributed by atoms with E-state index in [0.29, 0.717) is 0 Å². The molecule has 0 fully saturated rings. The summed E-state index contributed by atoms with van der Waals surface area (Å²) < 4.78 is 0. The van der Waals surface area contributed by atoms with Crippen LogP contribution in [0.3, 0.4) is 0 Å². The van der Waals surface area contributed by atoms with Crippen LogP contribution in [0.4, 0.5) is 0 Å². The molecule has 0 radical (unpaired) electrons. The van der Waals surface area contributed by atoms with Crippen molar-refractivity contribution >= 4 is 11.2 Å². The number of rotatable bonds is 4. The number of aromatic nitrogens is 4. The summed E-state index contributed by atoms with van der Waals surface area (Å²) in [5.74, 6) is 0. The van der Waals surface area contributed by atoms with Gasteiger partial charge in [-0.25, -0.2) is 15.0 Å². The third-order valence-electron chi connectivity index (χ3n) is 3.75. The molecule has 2 heterocycles. The SMILES string of the molecule is CC(C)(CCc1ccccc1)c1ncnc2nc[nH]c12. The van der Waals surface area contributed by atoms with Crippen LogP contribution < -0.4 is 0 Å². The van der Waals surface area contributed by atoms with Crippen LogP contribution in [-0.2, 0) is 11.8 Å². The Morgan fingerprint density at radius 3 is 2.65 bits per heavy atom. The van der Waals surface area contributed by atoms with Crippen LogP contribution in [0.1, 0.15) is 31.5 Å². The predicted octanol–water partition coefficient (Wildman–Crippen LogP) is 3.26. The van der Waals surface area contributed by atoms with Gasteiger partial charge in [0, 0.05) is 5.41 Å². The summed E-state index contributed by atoms with van der Waals surface area (Å²) in [6, 6.07) is 10.6. The third kappa shape index (κ3) is 2.41. The summed E-state index contributed by atoms with van der Waals surface area (Å²) in [5, 5.41) is 0. The van der Waals surface area contributed by atoms with Crippen molar-refractivity contribution in [2.45, 2.75) is 32.1 Å². The first-order valence-corrected chi connectivity index (χ1v) is 6.85. The van der Waals surface area contributed by atoms with Gasteiger partial charge in [-0.2, -0.15) is 0 Å².